The molecule has 27 heavy (non-hydrogen) atoms. The zero-order valence-electron chi connectivity index (χ0n) is 14.1. The van der Waals surface area contributed by atoms with Crippen LogP contribution in [0, 0.1) is 0 Å². The summed E-state index contributed by atoms with van der Waals surface area (Å²) < 4.78 is 45.3. The molecule has 0 radical (unpaired) electrons. The van der Waals surface area contributed by atoms with E-state index in [1.807, 2.05) is 16.8 Å². The largest absolute Gasteiger partial charge is 0.433 e. The smallest absolute Gasteiger partial charge is 0.418 e. The highest BCUT2D eigenvalue weighted by Gasteiger charge is 2.39. The summed E-state index contributed by atoms with van der Waals surface area (Å²) in [5.74, 6) is 0.0376. The van der Waals surface area contributed by atoms with Crippen molar-refractivity contribution in [2.75, 3.05) is 6.54 Å². The molecule has 1 unspecified atom stereocenters. The molecule has 1 aliphatic heterocycles. The molecule has 4 heterocycles. The van der Waals surface area contributed by atoms with Gasteiger partial charge in [0.15, 0.2) is 5.69 Å². The lowest BCUT2D eigenvalue weighted by atomic mass is 10.2. The average molecular weight is 397 g/mol. The molecule has 1 atom stereocenters. The number of aryl methyl sites for hydroxylation is 1. The van der Waals surface area contributed by atoms with Crippen LogP contribution in [0.25, 0.3) is 11.5 Å². The molecule has 4 rings (SSSR count). The molecule has 0 aromatic carbocycles. The minimum Gasteiger partial charge on any atom is -0.418 e. The number of alkyl halides is 3. The number of nitrogens with zero attached hydrogens (tertiary/aromatic N) is 5. The van der Waals surface area contributed by atoms with Gasteiger partial charge in [0.1, 0.15) is 11.7 Å². The van der Waals surface area contributed by atoms with E-state index < -0.39 is 23.8 Å². The number of hydrogen-bond acceptors (Lipinski definition) is 6. The summed E-state index contributed by atoms with van der Waals surface area (Å²) in [5.41, 5.74) is -0.442. The van der Waals surface area contributed by atoms with Gasteiger partial charge in [0, 0.05) is 30.6 Å². The molecule has 3 aromatic heterocycles. The Kier molecular flexibility index (Phi) is 4.25. The van der Waals surface area contributed by atoms with E-state index in [1.54, 1.807) is 0 Å². The number of hydrogen-bond donors (Lipinski definition) is 0. The van der Waals surface area contributed by atoms with E-state index >= 15 is 0 Å². The Morgan fingerprint density at radius 1 is 1.37 bits per heavy atom. The lowest BCUT2D eigenvalue weighted by molar-refractivity contribution is -0.143. The van der Waals surface area contributed by atoms with E-state index in [9.17, 15) is 18.0 Å². The summed E-state index contributed by atoms with van der Waals surface area (Å²) in [6.45, 7) is 0.386. The van der Waals surface area contributed by atoms with Crippen LogP contribution >= 0.6 is 11.3 Å². The third kappa shape index (κ3) is 3.22. The summed E-state index contributed by atoms with van der Waals surface area (Å²) in [5, 5.41) is 15.5. The van der Waals surface area contributed by atoms with Crippen molar-refractivity contribution in [1.29, 1.82) is 0 Å². The van der Waals surface area contributed by atoms with Crippen molar-refractivity contribution in [2.24, 2.45) is 7.05 Å². The van der Waals surface area contributed by atoms with E-state index in [2.05, 4.69) is 15.3 Å². The molecule has 11 heteroatoms. The minimum absolute atomic E-state index is 0.255. The maximum absolute atomic E-state index is 13.0. The number of halogens is 3. The highest BCUT2D eigenvalue weighted by molar-refractivity contribution is 7.08. The van der Waals surface area contributed by atoms with Crippen molar-refractivity contribution in [2.45, 2.75) is 25.1 Å². The van der Waals surface area contributed by atoms with E-state index in [1.165, 1.54) is 16.2 Å². The van der Waals surface area contributed by atoms with Crippen LogP contribution < -0.4 is 0 Å². The predicted octanol–water partition coefficient (Wildman–Crippen LogP) is 3.53. The molecule has 7 nitrogen and oxygen atoms in total. The summed E-state index contributed by atoms with van der Waals surface area (Å²) in [7, 11) is 1.16. The Hall–Kier alpha value is -2.69. The molecule has 1 saturated heterocycles. The van der Waals surface area contributed by atoms with E-state index in [-0.39, 0.29) is 11.6 Å². The number of carbonyl (C=O) groups is 1. The second-order valence-corrected chi connectivity index (χ2v) is 6.93. The standard InChI is InChI=1S/C16H14F3N5O2S/c1-23-12(16(17,18)19)7-10(22-23)15(25)24-5-2-3-11(24)14-21-20-13(26-14)9-4-6-27-8-9/h4,6-8,11H,2-3,5H2,1H3. The highest BCUT2D eigenvalue weighted by Crippen LogP contribution is 2.35. The van der Waals surface area contributed by atoms with Crippen molar-refractivity contribution in [1.82, 2.24) is 24.9 Å². The Morgan fingerprint density at radius 2 is 2.19 bits per heavy atom. The Balaban J connectivity index is 1.59. The maximum atomic E-state index is 13.0. The molecular weight excluding hydrogens is 383 g/mol. The molecule has 0 N–H and O–H groups in total. The summed E-state index contributed by atoms with van der Waals surface area (Å²) in [4.78, 5) is 14.2. The van der Waals surface area contributed by atoms with Crippen molar-refractivity contribution >= 4 is 17.2 Å². The fourth-order valence-corrected chi connectivity index (χ4v) is 3.75. The monoisotopic (exact) mass is 397 g/mol. The van der Waals surface area contributed by atoms with Crippen LogP contribution in [-0.2, 0) is 13.2 Å². The third-order valence-corrected chi connectivity index (χ3v) is 5.08. The van der Waals surface area contributed by atoms with Gasteiger partial charge >= 0.3 is 6.18 Å². The van der Waals surface area contributed by atoms with Gasteiger partial charge in [0.2, 0.25) is 11.8 Å². The second kappa shape index (κ2) is 6.48. The number of carbonyl (C=O) groups excluding carboxylic acids is 1. The van der Waals surface area contributed by atoms with Crippen LogP contribution in [-0.4, -0.2) is 37.3 Å². The van der Waals surface area contributed by atoms with Crippen LogP contribution in [0.3, 0.4) is 0 Å². The first-order chi connectivity index (χ1) is 12.8. The predicted molar refractivity (Wildman–Crippen MR) is 88.8 cm³/mol. The van der Waals surface area contributed by atoms with Gasteiger partial charge in [0.05, 0.1) is 0 Å². The van der Waals surface area contributed by atoms with Gasteiger partial charge in [-0.15, -0.1) is 10.2 Å². The van der Waals surface area contributed by atoms with Gasteiger partial charge in [-0.25, -0.2) is 0 Å². The van der Waals surface area contributed by atoms with Crippen LogP contribution in [0.15, 0.2) is 27.3 Å². The molecule has 3 aromatic rings. The van der Waals surface area contributed by atoms with Gasteiger partial charge in [-0.3, -0.25) is 9.48 Å². The number of rotatable bonds is 3. The third-order valence-electron chi connectivity index (χ3n) is 4.40. The van der Waals surface area contributed by atoms with Crippen molar-refractivity contribution in [3.63, 3.8) is 0 Å². The van der Waals surface area contributed by atoms with Crippen molar-refractivity contribution in [3.8, 4) is 11.5 Å². The van der Waals surface area contributed by atoms with E-state index in [4.69, 9.17) is 4.42 Å². The van der Waals surface area contributed by atoms with Gasteiger partial charge < -0.3 is 9.32 Å². The van der Waals surface area contributed by atoms with Gasteiger partial charge in [-0.1, -0.05) is 0 Å². The number of aromatic nitrogens is 4. The summed E-state index contributed by atoms with van der Waals surface area (Å²) in [6, 6.07) is 2.13. The van der Waals surface area contributed by atoms with Crippen molar-refractivity contribution in [3.05, 3.63) is 40.2 Å². The molecule has 0 saturated carbocycles. The fourth-order valence-electron chi connectivity index (χ4n) is 3.12. The normalized spacial score (nSPS) is 17.6. The summed E-state index contributed by atoms with van der Waals surface area (Å²) in [6.07, 6.45) is -3.30. The van der Waals surface area contributed by atoms with Crippen LogP contribution in [0.1, 0.15) is 41.0 Å². The molecule has 142 valence electrons. The molecule has 1 amide bonds. The molecule has 0 aliphatic carbocycles. The zero-order valence-corrected chi connectivity index (χ0v) is 14.9. The Bertz CT molecular complexity index is 963. The lowest BCUT2D eigenvalue weighted by Gasteiger charge is -2.20. The van der Waals surface area contributed by atoms with E-state index in [0.29, 0.717) is 30.0 Å². The maximum Gasteiger partial charge on any atom is 0.433 e. The Morgan fingerprint density at radius 3 is 2.85 bits per heavy atom. The number of amides is 1. The van der Waals surface area contributed by atoms with Crippen molar-refractivity contribution < 1.29 is 22.4 Å². The minimum atomic E-state index is -4.58. The van der Waals surface area contributed by atoms with Gasteiger partial charge in [0.25, 0.3) is 5.91 Å². The molecular formula is C16H14F3N5O2S. The zero-order chi connectivity index (χ0) is 19.2. The van der Waals surface area contributed by atoms with Crippen LogP contribution in [0.5, 0.6) is 0 Å². The molecule has 1 fully saturated rings. The fraction of sp³-hybridized carbons (Fsp3) is 0.375. The molecule has 0 bridgehead atoms. The second-order valence-electron chi connectivity index (χ2n) is 6.15. The highest BCUT2D eigenvalue weighted by atomic mass is 32.1. The molecule has 1 aliphatic rings. The first-order valence-electron chi connectivity index (χ1n) is 8.13. The SMILES string of the molecule is Cn1nc(C(=O)N2CCCC2c2nnc(-c3ccsc3)o2)cc1C(F)(F)F. The lowest BCUT2D eigenvalue weighted by Crippen LogP contribution is -2.31. The van der Waals surface area contributed by atoms with Gasteiger partial charge in [-0.05, 0) is 24.3 Å². The number of likely N-dealkylation sites (tertiary alicyclic amines) is 1. The number of thiophene rings is 1. The van der Waals surface area contributed by atoms with E-state index in [0.717, 1.165) is 18.7 Å². The van der Waals surface area contributed by atoms with Gasteiger partial charge in [-0.2, -0.15) is 29.6 Å². The molecule has 0 spiro atoms. The van der Waals surface area contributed by atoms with Crippen LogP contribution in [0.4, 0.5) is 13.2 Å². The first kappa shape index (κ1) is 17.7. The first-order valence-corrected chi connectivity index (χ1v) is 9.07. The van der Waals surface area contributed by atoms with Crippen LogP contribution in [0.2, 0.25) is 0 Å². The Labute approximate surface area is 155 Å². The summed E-state index contributed by atoms with van der Waals surface area (Å²) >= 11 is 1.49. The quantitative estimate of drug-likeness (QED) is 0.676. The average Bonchev–Trinajstić information content (AvgIpc) is 3.36. The topological polar surface area (TPSA) is 77.1 Å².